The number of benzene rings is 1. The highest BCUT2D eigenvalue weighted by atomic mass is 15.3. The van der Waals surface area contributed by atoms with Crippen molar-refractivity contribution in [2.75, 3.05) is 6.54 Å². The van der Waals surface area contributed by atoms with E-state index >= 15 is 0 Å². The van der Waals surface area contributed by atoms with Crippen LogP contribution in [0.15, 0.2) is 42.7 Å². The van der Waals surface area contributed by atoms with Crippen molar-refractivity contribution >= 4 is 0 Å². The van der Waals surface area contributed by atoms with Gasteiger partial charge < -0.3 is 5.73 Å². The minimum absolute atomic E-state index is 0.0820. The molecule has 1 aliphatic rings. The number of likely N-dealkylation sites (tertiary alicyclic amines) is 1. The van der Waals surface area contributed by atoms with Crippen molar-refractivity contribution in [1.29, 1.82) is 0 Å². The Morgan fingerprint density at radius 1 is 1.29 bits per heavy atom. The molecule has 0 radical (unpaired) electrons. The van der Waals surface area contributed by atoms with Crippen LogP contribution in [-0.4, -0.2) is 27.3 Å². The van der Waals surface area contributed by atoms with Gasteiger partial charge in [0.05, 0.1) is 12.2 Å². The highest BCUT2D eigenvalue weighted by Crippen LogP contribution is 2.39. The van der Waals surface area contributed by atoms with Gasteiger partial charge in [-0.25, -0.2) is 0 Å². The predicted molar refractivity (Wildman–Crippen MR) is 84.7 cm³/mol. The minimum Gasteiger partial charge on any atom is -0.326 e. The summed E-state index contributed by atoms with van der Waals surface area (Å²) in [7, 11) is 1.96. The molecule has 21 heavy (non-hydrogen) atoms. The summed E-state index contributed by atoms with van der Waals surface area (Å²) in [4.78, 5) is 2.55. The molecule has 1 fully saturated rings. The van der Waals surface area contributed by atoms with Crippen LogP contribution in [0.1, 0.15) is 43.0 Å². The van der Waals surface area contributed by atoms with Gasteiger partial charge >= 0.3 is 0 Å². The molecular weight excluding hydrogens is 260 g/mol. The Kier molecular flexibility index (Phi) is 4.08. The molecule has 4 nitrogen and oxygen atoms in total. The second-order valence-electron chi connectivity index (χ2n) is 6.06. The first-order chi connectivity index (χ1) is 10.2. The molecule has 3 rings (SSSR count). The number of aryl methyl sites for hydroxylation is 1. The first-order valence-corrected chi connectivity index (χ1v) is 7.71. The van der Waals surface area contributed by atoms with E-state index < -0.39 is 0 Å². The molecule has 1 saturated heterocycles. The van der Waals surface area contributed by atoms with E-state index in [1.807, 2.05) is 17.9 Å². The van der Waals surface area contributed by atoms with Crippen LogP contribution in [-0.2, 0) is 7.05 Å². The van der Waals surface area contributed by atoms with E-state index in [-0.39, 0.29) is 12.1 Å². The summed E-state index contributed by atoms with van der Waals surface area (Å²) in [5, 5.41) is 4.32. The van der Waals surface area contributed by atoms with Crippen LogP contribution in [0.2, 0.25) is 0 Å². The third kappa shape index (κ3) is 2.87. The normalized spacial score (nSPS) is 22.3. The van der Waals surface area contributed by atoms with Gasteiger partial charge in [-0.1, -0.05) is 30.3 Å². The fourth-order valence-corrected chi connectivity index (χ4v) is 3.55. The van der Waals surface area contributed by atoms with E-state index in [9.17, 15) is 0 Å². The van der Waals surface area contributed by atoms with Gasteiger partial charge in [-0.15, -0.1) is 0 Å². The summed E-state index contributed by atoms with van der Waals surface area (Å²) in [5.41, 5.74) is 8.93. The molecule has 0 spiro atoms. The Morgan fingerprint density at radius 2 is 2.05 bits per heavy atom. The number of hydrogen-bond acceptors (Lipinski definition) is 3. The van der Waals surface area contributed by atoms with Crippen molar-refractivity contribution in [2.45, 2.75) is 37.9 Å². The van der Waals surface area contributed by atoms with Crippen LogP contribution in [0.25, 0.3) is 0 Å². The number of nitrogens with two attached hydrogens (primary N) is 1. The molecule has 0 aliphatic carbocycles. The van der Waals surface area contributed by atoms with Crippen molar-refractivity contribution in [1.82, 2.24) is 14.7 Å². The molecule has 2 aromatic rings. The molecule has 3 atom stereocenters. The molecule has 0 amide bonds. The van der Waals surface area contributed by atoms with E-state index in [0.29, 0.717) is 6.04 Å². The maximum atomic E-state index is 6.32. The topological polar surface area (TPSA) is 47.1 Å². The molecule has 0 bridgehead atoms. The van der Waals surface area contributed by atoms with Gasteiger partial charge in [0, 0.05) is 30.9 Å². The van der Waals surface area contributed by atoms with Crippen LogP contribution in [0.3, 0.4) is 0 Å². The molecule has 2 N–H and O–H groups in total. The summed E-state index contributed by atoms with van der Waals surface area (Å²) in [6.07, 6.45) is 6.47. The molecule has 1 aromatic heterocycles. The van der Waals surface area contributed by atoms with Crippen molar-refractivity contribution in [2.24, 2.45) is 12.8 Å². The van der Waals surface area contributed by atoms with Crippen LogP contribution < -0.4 is 5.73 Å². The van der Waals surface area contributed by atoms with Crippen molar-refractivity contribution < 1.29 is 0 Å². The highest BCUT2D eigenvalue weighted by molar-refractivity contribution is 5.22. The first-order valence-electron chi connectivity index (χ1n) is 7.71. The molecule has 1 aliphatic heterocycles. The lowest BCUT2D eigenvalue weighted by molar-refractivity contribution is 0.161. The number of nitrogens with zero attached hydrogens (tertiary/aromatic N) is 3. The summed E-state index contributed by atoms with van der Waals surface area (Å²) in [5.74, 6) is 0. The maximum absolute atomic E-state index is 6.32. The third-order valence-electron chi connectivity index (χ3n) is 4.40. The fourth-order valence-electron chi connectivity index (χ4n) is 3.55. The van der Waals surface area contributed by atoms with Gasteiger partial charge in [-0.3, -0.25) is 9.58 Å². The van der Waals surface area contributed by atoms with E-state index in [0.717, 1.165) is 6.54 Å². The molecule has 0 saturated carbocycles. The van der Waals surface area contributed by atoms with Gasteiger partial charge in [0.2, 0.25) is 0 Å². The molecule has 1 aromatic carbocycles. The Morgan fingerprint density at radius 3 is 2.67 bits per heavy atom. The largest absolute Gasteiger partial charge is 0.326 e. The van der Waals surface area contributed by atoms with Gasteiger partial charge in [0.15, 0.2) is 0 Å². The Bertz CT molecular complexity index is 575. The third-order valence-corrected chi connectivity index (χ3v) is 4.40. The summed E-state index contributed by atoms with van der Waals surface area (Å²) in [6, 6.07) is 11.5. The summed E-state index contributed by atoms with van der Waals surface area (Å²) < 4.78 is 1.86. The molecule has 4 heteroatoms. The quantitative estimate of drug-likeness (QED) is 0.939. The molecular formula is C17H24N4. The maximum Gasteiger partial charge on any atom is 0.0538 e. The average molecular weight is 284 g/mol. The predicted octanol–water partition coefficient (Wildman–Crippen LogP) is 2.65. The lowest BCUT2D eigenvalue weighted by Gasteiger charge is -2.35. The minimum atomic E-state index is 0.0820. The summed E-state index contributed by atoms with van der Waals surface area (Å²) in [6.45, 7) is 3.19. The van der Waals surface area contributed by atoms with Crippen LogP contribution in [0.4, 0.5) is 0 Å². The zero-order chi connectivity index (χ0) is 14.8. The SMILES string of the molecule is CC(N)C(c1cnn(C)c1)N1CCCC1c1ccccc1. The lowest BCUT2D eigenvalue weighted by atomic mass is 9.98. The van der Waals surface area contributed by atoms with Gasteiger partial charge in [0.25, 0.3) is 0 Å². The van der Waals surface area contributed by atoms with Gasteiger partial charge in [-0.2, -0.15) is 5.10 Å². The zero-order valence-corrected chi connectivity index (χ0v) is 12.8. The lowest BCUT2D eigenvalue weighted by Crippen LogP contribution is -2.39. The second-order valence-corrected chi connectivity index (χ2v) is 6.06. The van der Waals surface area contributed by atoms with Gasteiger partial charge in [-0.05, 0) is 31.9 Å². The van der Waals surface area contributed by atoms with E-state index in [1.165, 1.54) is 24.0 Å². The highest BCUT2D eigenvalue weighted by Gasteiger charge is 2.34. The Balaban J connectivity index is 1.91. The molecule has 112 valence electrons. The van der Waals surface area contributed by atoms with E-state index in [1.54, 1.807) is 0 Å². The second kappa shape index (κ2) is 6.00. The van der Waals surface area contributed by atoms with Crippen molar-refractivity contribution in [3.63, 3.8) is 0 Å². The van der Waals surface area contributed by atoms with Crippen LogP contribution >= 0.6 is 0 Å². The standard InChI is InChI=1S/C17H24N4/c1-13(18)17(15-11-19-20(2)12-15)21-10-6-9-16(21)14-7-4-3-5-8-14/h3-5,7-8,11-13,16-17H,6,9-10,18H2,1-2H3. The molecule has 2 heterocycles. The van der Waals surface area contributed by atoms with Crippen molar-refractivity contribution in [3.05, 3.63) is 53.9 Å². The molecule has 3 unspecified atom stereocenters. The Labute approximate surface area is 126 Å². The smallest absolute Gasteiger partial charge is 0.0538 e. The zero-order valence-electron chi connectivity index (χ0n) is 12.8. The first kappa shape index (κ1) is 14.3. The number of aromatic nitrogens is 2. The van der Waals surface area contributed by atoms with E-state index in [4.69, 9.17) is 5.73 Å². The Hall–Kier alpha value is -1.65. The number of rotatable bonds is 4. The van der Waals surface area contributed by atoms with Crippen molar-refractivity contribution in [3.8, 4) is 0 Å². The summed E-state index contributed by atoms with van der Waals surface area (Å²) >= 11 is 0. The van der Waals surface area contributed by atoms with Crippen LogP contribution in [0.5, 0.6) is 0 Å². The number of hydrogen-bond donors (Lipinski definition) is 1. The fraction of sp³-hybridized carbons (Fsp3) is 0.471. The average Bonchev–Trinajstić information content (AvgIpc) is 3.10. The van der Waals surface area contributed by atoms with Crippen LogP contribution in [0, 0.1) is 0 Å². The van der Waals surface area contributed by atoms with Gasteiger partial charge in [0.1, 0.15) is 0 Å². The monoisotopic (exact) mass is 284 g/mol. The van der Waals surface area contributed by atoms with E-state index in [2.05, 4.69) is 53.5 Å².